The van der Waals surface area contributed by atoms with Crippen molar-refractivity contribution in [3.05, 3.63) is 23.0 Å². The first kappa shape index (κ1) is 17.2. The predicted octanol–water partition coefficient (Wildman–Crippen LogP) is 4.42. The number of nitrogens with zero attached hydrogens (tertiary/aromatic N) is 3. The lowest BCUT2D eigenvalue weighted by atomic mass is 10.3. The van der Waals surface area contributed by atoms with Crippen LogP contribution in [0.2, 0.25) is 30.7 Å². The molecule has 0 atom stereocenters. The molecule has 0 aliphatic heterocycles. The fourth-order valence-electron chi connectivity index (χ4n) is 1.83. The second-order valence-corrected chi connectivity index (χ2v) is 12.2. The van der Waals surface area contributed by atoms with E-state index in [9.17, 15) is 13.2 Å². The lowest BCUT2D eigenvalue weighted by Crippen LogP contribution is -2.22. The van der Waals surface area contributed by atoms with Crippen LogP contribution in [0.5, 0.6) is 0 Å². The molecule has 0 N–H and O–H groups in total. The molecular formula is C13H17ClF3N3OSi. The molecular weight excluding hydrogens is 335 g/mol. The van der Waals surface area contributed by atoms with Crippen molar-refractivity contribution < 1.29 is 17.9 Å². The fourth-order valence-corrected chi connectivity index (χ4v) is 2.88. The molecule has 0 saturated carbocycles. The second kappa shape index (κ2) is 6.17. The van der Waals surface area contributed by atoms with Crippen molar-refractivity contribution >= 4 is 30.7 Å². The van der Waals surface area contributed by atoms with E-state index in [2.05, 4.69) is 29.7 Å². The lowest BCUT2D eigenvalue weighted by molar-refractivity contribution is -0.140. The summed E-state index contributed by atoms with van der Waals surface area (Å²) in [5.41, 5.74) is -0.569. The van der Waals surface area contributed by atoms with Gasteiger partial charge >= 0.3 is 6.18 Å². The average Bonchev–Trinajstić information content (AvgIpc) is 2.76. The van der Waals surface area contributed by atoms with Crippen molar-refractivity contribution in [3.8, 4) is 0 Å². The van der Waals surface area contributed by atoms with Gasteiger partial charge in [0.1, 0.15) is 23.5 Å². The highest BCUT2D eigenvalue weighted by molar-refractivity contribution is 6.76. The number of alkyl halides is 3. The quantitative estimate of drug-likeness (QED) is 0.591. The Morgan fingerprint density at radius 2 is 2.00 bits per heavy atom. The van der Waals surface area contributed by atoms with Crippen LogP contribution in [0.25, 0.3) is 11.0 Å². The number of fused-ring (bicyclic) bond motifs is 1. The van der Waals surface area contributed by atoms with Crippen LogP contribution in [0.4, 0.5) is 13.2 Å². The SMILES string of the molecule is C[Si](C)(C)CCOCn1ncc2nc(C(F)(F)F)cc(Cl)c21. The number of rotatable bonds is 5. The molecule has 0 fully saturated rings. The molecule has 0 amide bonds. The van der Waals surface area contributed by atoms with E-state index < -0.39 is 19.9 Å². The molecule has 2 aromatic rings. The van der Waals surface area contributed by atoms with Gasteiger partial charge in [-0.25, -0.2) is 9.67 Å². The van der Waals surface area contributed by atoms with E-state index in [0.29, 0.717) is 12.1 Å². The van der Waals surface area contributed by atoms with Gasteiger partial charge in [-0.05, 0) is 12.1 Å². The molecule has 4 nitrogen and oxygen atoms in total. The maximum Gasteiger partial charge on any atom is 0.433 e. The average molecular weight is 352 g/mol. The highest BCUT2D eigenvalue weighted by atomic mass is 35.5. The van der Waals surface area contributed by atoms with Gasteiger partial charge in [-0.15, -0.1) is 0 Å². The predicted molar refractivity (Wildman–Crippen MR) is 81.6 cm³/mol. The zero-order valence-corrected chi connectivity index (χ0v) is 14.3. The molecule has 0 bridgehead atoms. The van der Waals surface area contributed by atoms with E-state index in [4.69, 9.17) is 16.3 Å². The topological polar surface area (TPSA) is 39.9 Å². The van der Waals surface area contributed by atoms with Crippen molar-refractivity contribution in [2.75, 3.05) is 6.61 Å². The summed E-state index contributed by atoms with van der Waals surface area (Å²) in [4.78, 5) is 3.55. The molecule has 0 aromatic carbocycles. The van der Waals surface area contributed by atoms with Crippen LogP contribution in [-0.2, 0) is 17.6 Å². The number of halogens is 4. The standard InChI is InChI=1S/C13H17ClF3N3OSi/c1-22(2,3)5-4-21-8-20-12-9(14)6-11(13(15,16)17)19-10(12)7-18-20/h6-7H,4-5,8H2,1-3H3. The van der Waals surface area contributed by atoms with Gasteiger partial charge in [0.05, 0.1) is 11.2 Å². The minimum Gasteiger partial charge on any atom is -0.360 e. The van der Waals surface area contributed by atoms with Crippen molar-refractivity contribution in [1.29, 1.82) is 0 Å². The number of ether oxygens (including phenoxy) is 1. The summed E-state index contributed by atoms with van der Waals surface area (Å²) in [6.07, 6.45) is -3.27. The summed E-state index contributed by atoms with van der Waals surface area (Å²) in [6, 6.07) is 1.81. The Hall–Kier alpha value is -1.12. The Balaban J connectivity index is 2.16. The Labute approximate surface area is 132 Å². The van der Waals surface area contributed by atoms with E-state index in [0.717, 1.165) is 12.1 Å². The molecule has 0 aliphatic carbocycles. The van der Waals surface area contributed by atoms with Crippen molar-refractivity contribution in [2.24, 2.45) is 0 Å². The Morgan fingerprint density at radius 3 is 2.59 bits per heavy atom. The maximum absolute atomic E-state index is 12.7. The van der Waals surface area contributed by atoms with Gasteiger partial charge in [-0.2, -0.15) is 18.3 Å². The third-order valence-corrected chi connectivity index (χ3v) is 5.04. The zero-order chi connectivity index (χ0) is 16.5. The van der Waals surface area contributed by atoms with Crippen LogP contribution in [0.15, 0.2) is 12.3 Å². The summed E-state index contributed by atoms with van der Waals surface area (Å²) in [7, 11) is -1.19. The maximum atomic E-state index is 12.7. The summed E-state index contributed by atoms with van der Waals surface area (Å²) in [6.45, 7) is 7.43. The van der Waals surface area contributed by atoms with Crippen molar-refractivity contribution in [2.45, 2.75) is 38.6 Å². The normalized spacial score (nSPS) is 13.0. The molecule has 9 heteroatoms. The zero-order valence-electron chi connectivity index (χ0n) is 12.5. The van der Waals surface area contributed by atoms with Crippen LogP contribution in [0, 0.1) is 0 Å². The second-order valence-electron chi connectivity index (χ2n) is 6.21. The number of pyridine rings is 1. The molecule has 0 radical (unpaired) electrons. The van der Waals surface area contributed by atoms with Gasteiger partial charge < -0.3 is 4.74 Å². The van der Waals surface area contributed by atoms with Gasteiger partial charge in [0.2, 0.25) is 0 Å². The van der Waals surface area contributed by atoms with Crippen molar-refractivity contribution in [3.63, 3.8) is 0 Å². The third-order valence-electron chi connectivity index (χ3n) is 3.05. The minimum absolute atomic E-state index is 0.0383. The minimum atomic E-state index is -4.53. The van der Waals surface area contributed by atoms with Gasteiger partial charge in [0.25, 0.3) is 0 Å². The first-order valence-electron chi connectivity index (χ1n) is 6.75. The van der Waals surface area contributed by atoms with Crippen LogP contribution in [0.1, 0.15) is 5.69 Å². The summed E-state index contributed by atoms with van der Waals surface area (Å²) >= 11 is 5.95. The highest BCUT2D eigenvalue weighted by Gasteiger charge is 2.33. The third kappa shape index (κ3) is 4.20. The molecule has 2 aromatic heterocycles. The van der Waals surface area contributed by atoms with E-state index >= 15 is 0 Å². The molecule has 22 heavy (non-hydrogen) atoms. The van der Waals surface area contributed by atoms with Crippen LogP contribution in [-0.4, -0.2) is 29.4 Å². The van der Waals surface area contributed by atoms with E-state index in [-0.39, 0.29) is 17.3 Å². The van der Waals surface area contributed by atoms with E-state index in [1.807, 2.05) is 0 Å². The Kier molecular flexibility index (Phi) is 4.83. The summed E-state index contributed by atoms with van der Waals surface area (Å²) in [5.74, 6) is 0. The molecule has 122 valence electrons. The largest absolute Gasteiger partial charge is 0.433 e. The summed E-state index contributed by atoms with van der Waals surface area (Å²) in [5, 5.41) is 3.96. The smallest absolute Gasteiger partial charge is 0.360 e. The van der Waals surface area contributed by atoms with E-state index in [1.54, 1.807) is 0 Å². The Morgan fingerprint density at radius 1 is 1.32 bits per heavy atom. The molecule has 0 spiro atoms. The summed E-state index contributed by atoms with van der Waals surface area (Å²) < 4.78 is 45.0. The molecule has 0 aliphatic rings. The number of hydrogen-bond donors (Lipinski definition) is 0. The molecule has 0 unspecified atom stereocenters. The molecule has 2 heterocycles. The van der Waals surface area contributed by atoms with Crippen LogP contribution < -0.4 is 0 Å². The molecule has 2 rings (SSSR count). The molecule has 0 saturated heterocycles. The van der Waals surface area contributed by atoms with Crippen molar-refractivity contribution in [1.82, 2.24) is 14.8 Å². The highest BCUT2D eigenvalue weighted by Crippen LogP contribution is 2.32. The first-order chi connectivity index (χ1) is 10.1. The van der Waals surface area contributed by atoms with Gasteiger partial charge in [0.15, 0.2) is 0 Å². The lowest BCUT2D eigenvalue weighted by Gasteiger charge is -2.15. The first-order valence-corrected chi connectivity index (χ1v) is 10.8. The van der Waals surface area contributed by atoms with E-state index in [1.165, 1.54) is 10.9 Å². The van der Waals surface area contributed by atoms with Gasteiger partial charge in [0, 0.05) is 14.7 Å². The number of aromatic nitrogens is 3. The van der Waals surface area contributed by atoms with Crippen LogP contribution in [0.3, 0.4) is 0 Å². The fraction of sp³-hybridized carbons (Fsp3) is 0.538. The van der Waals surface area contributed by atoms with Crippen LogP contribution >= 0.6 is 11.6 Å². The number of hydrogen-bond acceptors (Lipinski definition) is 3. The van der Waals surface area contributed by atoms with Gasteiger partial charge in [-0.1, -0.05) is 31.2 Å². The monoisotopic (exact) mass is 351 g/mol. The Bertz CT molecular complexity index is 667. The van der Waals surface area contributed by atoms with Gasteiger partial charge in [-0.3, -0.25) is 0 Å².